The summed E-state index contributed by atoms with van der Waals surface area (Å²) in [5.74, 6) is 0. The summed E-state index contributed by atoms with van der Waals surface area (Å²) in [6.07, 6.45) is 1.78. The number of nitrogen functional groups attached to an aromatic ring is 2. The predicted molar refractivity (Wildman–Crippen MR) is 88.1 cm³/mol. The number of nitrogens with two attached hydrogens (primary N) is 2. The Morgan fingerprint density at radius 1 is 0.571 bits per heavy atom. The van der Waals surface area contributed by atoms with Crippen molar-refractivity contribution in [2.24, 2.45) is 0 Å². The molecule has 21 heavy (non-hydrogen) atoms. The first kappa shape index (κ1) is 13.3. The normalized spacial score (nSPS) is 10.7. The first-order chi connectivity index (χ1) is 10.2. The Labute approximate surface area is 124 Å². The molecule has 0 radical (unpaired) electrons. The SMILES string of the molecule is Nc1ccc(Cc2ccc(Cc3ccc(N)cc3)[nH]2)cc1. The highest BCUT2D eigenvalue weighted by molar-refractivity contribution is 5.41. The van der Waals surface area contributed by atoms with Crippen molar-refractivity contribution in [3.63, 3.8) is 0 Å². The van der Waals surface area contributed by atoms with Crippen molar-refractivity contribution in [1.82, 2.24) is 4.98 Å². The Morgan fingerprint density at radius 3 is 1.33 bits per heavy atom. The first-order valence-electron chi connectivity index (χ1n) is 7.04. The van der Waals surface area contributed by atoms with Gasteiger partial charge in [0, 0.05) is 35.6 Å². The second-order valence-electron chi connectivity index (χ2n) is 5.35. The molecule has 0 atom stereocenters. The van der Waals surface area contributed by atoms with E-state index in [0.717, 1.165) is 24.2 Å². The highest BCUT2D eigenvalue weighted by Gasteiger charge is 2.02. The van der Waals surface area contributed by atoms with Crippen LogP contribution in [0.2, 0.25) is 0 Å². The van der Waals surface area contributed by atoms with E-state index < -0.39 is 0 Å². The summed E-state index contributed by atoms with van der Waals surface area (Å²) >= 11 is 0. The predicted octanol–water partition coefficient (Wildman–Crippen LogP) is 3.36. The second-order valence-corrected chi connectivity index (χ2v) is 5.35. The van der Waals surface area contributed by atoms with E-state index in [1.807, 2.05) is 24.3 Å². The Bertz CT molecular complexity index is 647. The van der Waals surface area contributed by atoms with Crippen LogP contribution in [0.5, 0.6) is 0 Å². The van der Waals surface area contributed by atoms with Gasteiger partial charge in [0.25, 0.3) is 0 Å². The van der Waals surface area contributed by atoms with Crippen molar-refractivity contribution in [2.75, 3.05) is 11.5 Å². The van der Waals surface area contributed by atoms with E-state index in [2.05, 4.69) is 41.4 Å². The van der Waals surface area contributed by atoms with E-state index in [4.69, 9.17) is 11.5 Å². The average Bonchev–Trinajstić information content (AvgIpc) is 2.91. The Balaban J connectivity index is 1.68. The minimum atomic E-state index is 0.800. The third-order valence-electron chi connectivity index (χ3n) is 3.56. The Hall–Kier alpha value is -2.68. The number of aromatic amines is 1. The molecule has 0 unspecified atom stereocenters. The maximum Gasteiger partial charge on any atom is 0.0314 e. The highest BCUT2D eigenvalue weighted by Crippen LogP contribution is 2.15. The topological polar surface area (TPSA) is 67.8 Å². The van der Waals surface area contributed by atoms with Crippen LogP contribution < -0.4 is 11.5 Å². The third-order valence-corrected chi connectivity index (χ3v) is 3.56. The van der Waals surface area contributed by atoms with E-state index in [0.29, 0.717) is 0 Å². The van der Waals surface area contributed by atoms with Crippen LogP contribution in [0.15, 0.2) is 60.7 Å². The van der Waals surface area contributed by atoms with E-state index in [1.54, 1.807) is 0 Å². The molecule has 0 amide bonds. The molecular weight excluding hydrogens is 258 g/mol. The van der Waals surface area contributed by atoms with Gasteiger partial charge in [-0.1, -0.05) is 24.3 Å². The molecule has 3 rings (SSSR count). The Morgan fingerprint density at radius 2 is 0.952 bits per heavy atom. The van der Waals surface area contributed by atoms with Gasteiger partial charge >= 0.3 is 0 Å². The van der Waals surface area contributed by atoms with Gasteiger partial charge in [0.2, 0.25) is 0 Å². The van der Waals surface area contributed by atoms with Crippen LogP contribution in [0.4, 0.5) is 11.4 Å². The van der Waals surface area contributed by atoms with Crippen LogP contribution >= 0.6 is 0 Å². The molecule has 0 saturated carbocycles. The van der Waals surface area contributed by atoms with Gasteiger partial charge in [-0.15, -0.1) is 0 Å². The van der Waals surface area contributed by atoms with Crippen molar-refractivity contribution < 1.29 is 0 Å². The lowest BCUT2D eigenvalue weighted by Gasteiger charge is -2.02. The molecule has 0 fully saturated rings. The molecule has 3 nitrogen and oxygen atoms in total. The molecule has 1 aromatic heterocycles. The molecule has 0 saturated heterocycles. The molecule has 0 aliphatic rings. The summed E-state index contributed by atoms with van der Waals surface area (Å²) in [4.78, 5) is 3.48. The van der Waals surface area contributed by atoms with Crippen molar-refractivity contribution in [2.45, 2.75) is 12.8 Å². The van der Waals surface area contributed by atoms with Gasteiger partial charge in [0.05, 0.1) is 0 Å². The number of aromatic nitrogens is 1. The van der Waals surface area contributed by atoms with Crippen LogP contribution in [0, 0.1) is 0 Å². The van der Waals surface area contributed by atoms with Crippen molar-refractivity contribution in [3.05, 3.63) is 83.2 Å². The van der Waals surface area contributed by atoms with Gasteiger partial charge in [0.1, 0.15) is 0 Å². The van der Waals surface area contributed by atoms with Crippen LogP contribution in [0.1, 0.15) is 22.5 Å². The number of rotatable bonds is 4. The van der Waals surface area contributed by atoms with Crippen molar-refractivity contribution in [3.8, 4) is 0 Å². The average molecular weight is 277 g/mol. The number of hydrogen-bond donors (Lipinski definition) is 3. The van der Waals surface area contributed by atoms with Gasteiger partial charge in [-0.05, 0) is 47.5 Å². The van der Waals surface area contributed by atoms with Gasteiger partial charge in [-0.25, -0.2) is 0 Å². The van der Waals surface area contributed by atoms with E-state index in [9.17, 15) is 0 Å². The van der Waals surface area contributed by atoms with E-state index in [1.165, 1.54) is 22.5 Å². The molecule has 3 aromatic rings. The second kappa shape index (κ2) is 5.75. The molecule has 106 valence electrons. The van der Waals surface area contributed by atoms with Gasteiger partial charge < -0.3 is 16.5 Å². The summed E-state index contributed by atoms with van der Waals surface area (Å²) < 4.78 is 0. The zero-order valence-corrected chi connectivity index (χ0v) is 11.8. The van der Waals surface area contributed by atoms with Crippen LogP contribution in [0.3, 0.4) is 0 Å². The molecule has 0 aliphatic heterocycles. The summed E-state index contributed by atoms with van der Waals surface area (Å²) in [6, 6.07) is 20.3. The summed E-state index contributed by atoms with van der Waals surface area (Å²) in [5, 5.41) is 0. The van der Waals surface area contributed by atoms with Crippen LogP contribution in [-0.2, 0) is 12.8 Å². The van der Waals surface area contributed by atoms with Gasteiger partial charge in [-0.2, -0.15) is 0 Å². The smallest absolute Gasteiger partial charge is 0.0314 e. The van der Waals surface area contributed by atoms with Crippen LogP contribution in [-0.4, -0.2) is 4.98 Å². The highest BCUT2D eigenvalue weighted by atomic mass is 14.7. The van der Waals surface area contributed by atoms with Crippen molar-refractivity contribution in [1.29, 1.82) is 0 Å². The monoisotopic (exact) mass is 277 g/mol. The van der Waals surface area contributed by atoms with Crippen LogP contribution in [0.25, 0.3) is 0 Å². The van der Waals surface area contributed by atoms with Crippen molar-refractivity contribution >= 4 is 11.4 Å². The lowest BCUT2D eigenvalue weighted by molar-refractivity contribution is 1.04. The van der Waals surface area contributed by atoms with Gasteiger partial charge in [-0.3, -0.25) is 0 Å². The third kappa shape index (κ3) is 3.45. The number of anilines is 2. The molecule has 1 heterocycles. The lowest BCUT2D eigenvalue weighted by atomic mass is 10.1. The Kier molecular flexibility index (Phi) is 3.65. The summed E-state index contributed by atoms with van der Waals surface area (Å²) in [5.41, 5.74) is 17.9. The number of H-pyrrole nitrogens is 1. The largest absolute Gasteiger partial charge is 0.399 e. The maximum atomic E-state index is 5.70. The number of benzene rings is 2. The van der Waals surface area contributed by atoms with Gasteiger partial charge in [0.15, 0.2) is 0 Å². The molecular formula is C18H19N3. The number of nitrogens with one attached hydrogen (secondary N) is 1. The minimum Gasteiger partial charge on any atom is -0.399 e. The maximum absolute atomic E-state index is 5.70. The lowest BCUT2D eigenvalue weighted by Crippen LogP contribution is -1.93. The molecule has 0 bridgehead atoms. The van der Waals surface area contributed by atoms with E-state index >= 15 is 0 Å². The molecule has 0 aliphatic carbocycles. The van der Waals surface area contributed by atoms with E-state index in [-0.39, 0.29) is 0 Å². The standard InChI is InChI=1S/C18H19N3/c19-15-5-1-13(2-6-15)11-17-9-10-18(21-17)12-14-3-7-16(20)8-4-14/h1-10,21H,11-12,19-20H2. The fourth-order valence-electron chi connectivity index (χ4n) is 2.41. The zero-order chi connectivity index (χ0) is 14.7. The fourth-order valence-corrected chi connectivity index (χ4v) is 2.41. The summed E-state index contributed by atoms with van der Waals surface area (Å²) in [7, 11) is 0. The first-order valence-corrected chi connectivity index (χ1v) is 7.04. The molecule has 5 N–H and O–H groups in total. The summed E-state index contributed by atoms with van der Waals surface area (Å²) in [6.45, 7) is 0. The number of hydrogen-bond acceptors (Lipinski definition) is 2. The zero-order valence-electron chi connectivity index (χ0n) is 11.8. The molecule has 2 aromatic carbocycles. The fraction of sp³-hybridized carbons (Fsp3) is 0.111. The molecule has 3 heteroatoms. The minimum absolute atomic E-state index is 0.800. The molecule has 0 spiro atoms. The quantitative estimate of drug-likeness (QED) is 0.640.